The van der Waals surface area contributed by atoms with Crippen LogP contribution in [0.1, 0.15) is 34.2 Å². The summed E-state index contributed by atoms with van der Waals surface area (Å²) >= 11 is 6.18. The molecular weight excluding hydrogens is 280 g/mol. The molecule has 1 aliphatic rings. The number of ether oxygens (including phenoxy) is 1. The van der Waals surface area contributed by atoms with Crippen LogP contribution >= 0.6 is 11.6 Å². The highest BCUT2D eigenvalue weighted by molar-refractivity contribution is 6.34. The van der Waals surface area contributed by atoms with Gasteiger partial charge in [-0.2, -0.15) is 0 Å². The van der Waals surface area contributed by atoms with Crippen molar-refractivity contribution in [3.63, 3.8) is 0 Å². The summed E-state index contributed by atoms with van der Waals surface area (Å²) in [6.07, 6.45) is 2.32. The molecule has 0 fully saturated rings. The van der Waals surface area contributed by atoms with E-state index in [0.717, 1.165) is 5.69 Å². The molecule has 0 bridgehead atoms. The maximum atomic E-state index is 12.4. The number of esters is 1. The Morgan fingerprint density at radius 3 is 2.95 bits per heavy atom. The van der Waals surface area contributed by atoms with Crippen LogP contribution in [-0.4, -0.2) is 28.4 Å². The lowest BCUT2D eigenvalue weighted by atomic mass is 10.1. The summed E-state index contributed by atoms with van der Waals surface area (Å²) in [5, 5.41) is 0.369. The van der Waals surface area contributed by atoms with Crippen LogP contribution in [0.15, 0.2) is 24.4 Å². The molecule has 0 saturated heterocycles. The monoisotopic (exact) mass is 292 g/mol. The van der Waals surface area contributed by atoms with Crippen LogP contribution in [-0.2, 0) is 16.1 Å². The fraction of sp³-hybridized carbons (Fsp3) is 0.286. The van der Waals surface area contributed by atoms with Crippen molar-refractivity contribution in [2.75, 3.05) is 7.11 Å². The molecule has 1 unspecified atom stereocenters. The van der Waals surface area contributed by atoms with Gasteiger partial charge in [-0.25, -0.2) is 0 Å². The Bertz CT molecular complexity index is 673. The van der Waals surface area contributed by atoms with Gasteiger partial charge in [0.15, 0.2) is 0 Å². The first kappa shape index (κ1) is 13.0. The third-order valence-electron chi connectivity index (χ3n) is 3.62. The Morgan fingerprint density at radius 1 is 1.50 bits per heavy atom. The van der Waals surface area contributed by atoms with Crippen molar-refractivity contribution in [3.8, 4) is 0 Å². The summed E-state index contributed by atoms with van der Waals surface area (Å²) in [4.78, 5) is 27.0. The van der Waals surface area contributed by atoms with Crippen molar-refractivity contribution in [2.45, 2.75) is 18.9 Å². The van der Waals surface area contributed by atoms with Crippen LogP contribution in [0, 0.1) is 0 Å². The fourth-order valence-electron chi connectivity index (χ4n) is 2.68. The number of methoxy groups -OCH3 is 1. The van der Waals surface area contributed by atoms with Gasteiger partial charge in [0.1, 0.15) is 5.69 Å². The van der Waals surface area contributed by atoms with Crippen molar-refractivity contribution in [1.82, 2.24) is 9.55 Å². The summed E-state index contributed by atoms with van der Waals surface area (Å²) in [5.41, 5.74) is 1.65. The highest BCUT2D eigenvalue weighted by atomic mass is 35.5. The minimum Gasteiger partial charge on any atom is -0.469 e. The van der Waals surface area contributed by atoms with Crippen molar-refractivity contribution >= 4 is 23.4 Å². The number of hydrogen-bond donors (Lipinski definition) is 1. The van der Waals surface area contributed by atoms with Crippen molar-refractivity contribution in [3.05, 3.63) is 46.5 Å². The lowest BCUT2D eigenvalue weighted by Crippen LogP contribution is -2.12. The van der Waals surface area contributed by atoms with Gasteiger partial charge in [0, 0.05) is 18.4 Å². The molecule has 6 heteroatoms. The van der Waals surface area contributed by atoms with Crippen LogP contribution in [0.5, 0.6) is 0 Å². The Kier molecular flexibility index (Phi) is 3.14. The second-order valence-electron chi connectivity index (χ2n) is 4.69. The molecule has 0 aliphatic carbocycles. The van der Waals surface area contributed by atoms with Gasteiger partial charge in [0.2, 0.25) is 5.78 Å². The first-order chi connectivity index (χ1) is 9.63. The number of carbonyl (C=O) groups excluding carboxylic acids is 2. The van der Waals surface area contributed by atoms with Crippen LogP contribution in [0.2, 0.25) is 5.02 Å². The van der Waals surface area contributed by atoms with Gasteiger partial charge >= 0.3 is 5.97 Å². The predicted octanol–water partition coefficient (Wildman–Crippen LogP) is 2.36. The Labute approximate surface area is 120 Å². The molecule has 3 rings (SSSR count). The van der Waals surface area contributed by atoms with Crippen LogP contribution in [0.4, 0.5) is 0 Å². The minimum atomic E-state index is -0.345. The summed E-state index contributed by atoms with van der Waals surface area (Å²) in [6.45, 7) is 0.587. The van der Waals surface area contributed by atoms with Gasteiger partial charge in [-0.15, -0.1) is 0 Å². The smallest absolute Gasteiger partial charge is 0.314 e. The number of fused-ring (bicyclic) bond motifs is 1. The molecule has 0 radical (unpaired) electrons. The molecule has 1 aliphatic heterocycles. The number of aromatic amines is 1. The van der Waals surface area contributed by atoms with Crippen molar-refractivity contribution in [1.29, 1.82) is 0 Å². The topological polar surface area (TPSA) is 64.1 Å². The molecule has 0 aromatic carbocycles. The quantitative estimate of drug-likeness (QED) is 0.698. The Hall–Kier alpha value is -2.01. The van der Waals surface area contributed by atoms with E-state index >= 15 is 0 Å². The molecule has 0 spiro atoms. The first-order valence-electron chi connectivity index (χ1n) is 6.28. The second kappa shape index (κ2) is 4.83. The molecule has 5 nitrogen and oxygen atoms in total. The van der Waals surface area contributed by atoms with Gasteiger partial charge in [-0.05, 0) is 24.6 Å². The average Bonchev–Trinajstić information content (AvgIpc) is 3.12. The maximum absolute atomic E-state index is 12.4. The van der Waals surface area contributed by atoms with Crippen molar-refractivity contribution < 1.29 is 14.3 Å². The highest BCUT2D eigenvalue weighted by Crippen LogP contribution is 2.36. The standard InChI is InChI=1S/C14H13ClN2O3/c1-20-14(19)8-4-6-17-11(8)7-9(15)12(17)13(18)10-3-2-5-16-10/h2-3,5,7-8,16H,4,6H2,1H3. The number of carbonyl (C=O) groups is 2. The number of halogens is 1. The fourth-order valence-corrected chi connectivity index (χ4v) is 2.98. The van der Waals surface area contributed by atoms with E-state index in [-0.39, 0.29) is 17.7 Å². The van der Waals surface area contributed by atoms with Crippen LogP contribution in [0.25, 0.3) is 0 Å². The SMILES string of the molecule is COC(=O)C1CCn2c1cc(Cl)c2C(=O)c1ccc[nH]1. The summed E-state index contributed by atoms with van der Waals surface area (Å²) in [5.74, 6) is -0.809. The Balaban J connectivity index is 2.03. The highest BCUT2D eigenvalue weighted by Gasteiger charge is 2.34. The van der Waals surface area contributed by atoms with Crippen LogP contribution < -0.4 is 0 Å². The molecule has 2 aromatic rings. The van der Waals surface area contributed by atoms with Gasteiger partial charge in [0.25, 0.3) is 0 Å². The van der Waals surface area contributed by atoms with Gasteiger partial charge in [0.05, 0.1) is 23.7 Å². The van der Waals surface area contributed by atoms with Crippen LogP contribution in [0.3, 0.4) is 0 Å². The number of ketones is 1. The van der Waals surface area contributed by atoms with Crippen molar-refractivity contribution in [2.24, 2.45) is 0 Å². The molecular formula is C14H13ClN2O3. The average molecular weight is 293 g/mol. The van der Waals surface area contributed by atoms with E-state index in [1.165, 1.54) is 7.11 Å². The van der Waals surface area contributed by atoms with E-state index in [1.807, 2.05) is 4.57 Å². The minimum absolute atomic E-state index is 0.170. The predicted molar refractivity (Wildman–Crippen MR) is 73.0 cm³/mol. The lowest BCUT2D eigenvalue weighted by Gasteiger charge is -2.06. The zero-order valence-electron chi connectivity index (χ0n) is 10.9. The number of rotatable bonds is 3. The van der Waals surface area contributed by atoms with E-state index in [2.05, 4.69) is 4.98 Å². The Morgan fingerprint density at radius 2 is 2.30 bits per heavy atom. The first-order valence-corrected chi connectivity index (χ1v) is 6.66. The van der Waals surface area contributed by atoms with Gasteiger partial charge in [-0.1, -0.05) is 11.6 Å². The number of nitrogens with zero attached hydrogens (tertiary/aromatic N) is 1. The molecule has 0 saturated carbocycles. The number of hydrogen-bond acceptors (Lipinski definition) is 3. The molecule has 104 valence electrons. The summed E-state index contributed by atoms with van der Waals surface area (Å²) < 4.78 is 6.60. The van der Waals surface area contributed by atoms with E-state index in [1.54, 1.807) is 24.4 Å². The second-order valence-corrected chi connectivity index (χ2v) is 5.10. The van der Waals surface area contributed by atoms with Gasteiger partial charge in [-0.3, -0.25) is 9.59 Å². The zero-order valence-corrected chi connectivity index (χ0v) is 11.6. The third-order valence-corrected chi connectivity index (χ3v) is 3.91. The van der Waals surface area contributed by atoms with E-state index < -0.39 is 0 Å². The number of nitrogens with one attached hydrogen (secondary N) is 1. The van der Waals surface area contributed by atoms with Gasteiger partial charge < -0.3 is 14.3 Å². The number of H-pyrrole nitrogens is 1. The maximum Gasteiger partial charge on any atom is 0.314 e. The molecule has 1 atom stereocenters. The molecule has 1 N–H and O–H groups in total. The molecule has 2 aromatic heterocycles. The molecule has 3 heterocycles. The molecule has 0 amide bonds. The lowest BCUT2D eigenvalue weighted by molar-refractivity contribution is -0.142. The summed E-state index contributed by atoms with van der Waals surface area (Å²) in [7, 11) is 1.36. The number of aromatic nitrogens is 2. The van der Waals surface area contributed by atoms with E-state index in [4.69, 9.17) is 16.3 Å². The third kappa shape index (κ3) is 1.86. The largest absolute Gasteiger partial charge is 0.469 e. The zero-order chi connectivity index (χ0) is 14.3. The summed E-state index contributed by atoms with van der Waals surface area (Å²) in [6, 6.07) is 5.14. The van der Waals surface area contributed by atoms with E-state index in [0.29, 0.717) is 29.4 Å². The molecule has 20 heavy (non-hydrogen) atoms. The van der Waals surface area contributed by atoms with E-state index in [9.17, 15) is 9.59 Å². The normalized spacial score (nSPS) is 17.0.